The molecule has 0 radical (unpaired) electrons. The van der Waals surface area contributed by atoms with Crippen molar-refractivity contribution in [2.75, 3.05) is 13.2 Å². The molecular weight excluding hydrogens is 539 g/mol. The van der Waals surface area contributed by atoms with Gasteiger partial charge in [-0.25, -0.2) is 9.37 Å². The lowest BCUT2D eigenvalue weighted by Crippen LogP contribution is -2.36. The van der Waals surface area contributed by atoms with Crippen LogP contribution in [0.4, 0.5) is 4.39 Å². The molecule has 1 N–H and O–H groups in total. The van der Waals surface area contributed by atoms with Crippen LogP contribution >= 0.6 is 11.6 Å². The summed E-state index contributed by atoms with van der Waals surface area (Å²) in [6, 6.07) is 6.97. The topological polar surface area (TPSA) is 107 Å². The lowest BCUT2D eigenvalue weighted by Gasteiger charge is -2.17. The fourth-order valence-electron chi connectivity index (χ4n) is 3.90. The quantitative estimate of drug-likeness (QED) is 0.209. The van der Waals surface area contributed by atoms with Gasteiger partial charge in [-0.2, -0.15) is 10.4 Å². The first-order valence-corrected chi connectivity index (χ1v) is 17.0. The van der Waals surface area contributed by atoms with Gasteiger partial charge >= 0.3 is 0 Å². The van der Waals surface area contributed by atoms with Crippen LogP contribution in [0.15, 0.2) is 30.6 Å². The molecule has 0 fully saturated rings. The Bertz CT molecular complexity index is 1310. The molecule has 2 aromatic heterocycles. The van der Waals surface area contributed by atoms with E-state index in [0.29, 0.717) is 43.6 Å². The molecule has 39 heavy (non-hydrogen) atoms. The Morgan fingerprint density at radius 2 is 2.05 bits per heavy atom. The molecule has 0 aliphatic rings. The maximum absolute atomic E-state index is 14.2. The fourth-order valence-corrected chi connectivity index (χ4v) is 4.91. The second kappa shape index (κ2) is 13.3. The van der Waals surface area contributed by atoms with Crippen molar-refractivity contribution in [3.05, 3.63) is 58.5 Å². The number of ether oxygens (including phenoxy) is 2. The summed E-state index contributed by atoms with van der Waals surface area (Å²) in [7, 11) is -1.21. The van der Waals surface area contributed by atoms with Gasteiger partial charge in [-0.1, -0.05) is 31.2 Å². The van der Waals surface area contributed by atoms with Crippen LogP contribution in [0.3, 0.4) is 0 Å². The number of nitriles is 1. The molecule has 210 valence electrons. The number of aromatic nitrogens is 4. The Morgan fingerprint density at radius 3 is 2.69 bits per heavy atom. The number of nitrogens with zero attached hydrogens (tertiary/aromatic N) is 5. The lowest BCUT2D eigenvalue weighted by molar-refractivity contribution is 0.0486. The number of hydrogen-bond donors (Lipinski definition) is 1. The minimum atomic E-state index is -1.21. The zero-order valence-corrected chi connectivity index (χ0v) is 25.0. The standard InChI is InChI=1S/C27H36ClFN6O3Si/c1-7-38-19(3)26-32-25(16-34(26)17-37-10-11-39(4,5)6)27(36)31-18(2)15-35-9-8-24(33-35)20-12-22(28)21(14-30)23(29)13-20/h8-9,12-13,16,18-19H,7,10-11,15,17H2,1-6H3,(H,31,36)/t18-,19?/m0/s1. The number of nitrogens with one attached hydrogen (secondary N) is 1. The predicted octanol–water partition coefficient (Wildman–Crippen LogP) is 5.64. The van der Waals surface area contributed by atoms with E-state index in [4.69, 9.17) is 26.3 Å². The predicted molar refractivity (Wildman–Crippen MR) is 151 cm³/mol. The van der Waals surface area contributed by atoms with Crippen molar-refractivity contribution in [3.63, 3.8) is 0 Å². The number of imidazole rings is 1. The Labute approximate surface area is 234 Å². The van der Waals surface area contributed by atoms with Gasteiger partial charge in [0, 0.05) is 45.3 Å². The number of rotatable bonds is 13. The van der Waals surface area contributed by atoms with Crippen molar-refractivity contribution in [1.29, 1.82) is 5.26 Å². The molecule has 1 unspecified atom stereocenters. The molecular formula is C27H36ClFN6O3Si. The summed E-state index contributed by atoms with van der Waals surface area (Å²) in [6.45, 7) is 14.4. The van der Waals surface area contributed by atoms with E-state index in [0.717, 1.165) is 6.04 Å². The summed E-state index contributed by atoms with van der Waals surface area (Å²) in [4.78, 5) is 17.6. The molecule has 9 nitrogen and oxygen atoms in total. The molecule has 2 heterocycles. The second-order valence-electron chi connectivity index (χ2n) is 10.6. The summed E-state index contributed by atoms with van der Waals surface area (Å²) < 4.78 is 29.3. The van der Waals surface area contributed by atoms with Crippen LogP contribution in [0, 0.1) is 17.1 Å². The fraction of sp³-hybridized carbons (Fsp3) is 0.481. The Kier molecular flexibility index (Phi) is 10.4. The van der Waals surface area contributed by atoms with E-state index in [1.54, 1.807) is 29.2 Å². The highest BCUT2D eigenvalue weighted by atomic mass is 35.5. The van der Waals surface area contributed by atoms with Crippen LogP contribution in [0.5, 0.6) is 0 Å². The first-order valence-electron chi connectivity index (χ1n) is 12.9. The number of halogens is 2. The van der Waals surface area contributed by atoms with Gasteiger partial charge in [0.05, 0.1) is 17.3 Å². The first kappa shape index (κ1) is 30.5. The van der Waals surface area contributed by atoms with Crippen LogP contribution in [-0.2, 0) is 22.7 Å². The summed E-state index contributed by atoms with van der Waals surface area (Å²) in [5, 5.41) is 16.5. The molecule has 12 heteroatoms. The second-order valence-corrected chi connectivity index (χ2v) is 16.7. The van der Waals surface area contributed by atoms with Gasteiger partial charge in [0.2, 0.25) is 0 Å². The minimum Gasteiger partial charge on any atom is -0.371 e. The van der Waals surface area contributed by atoms with Gasteiger partial charge in [0.15, 0.2) is 0 Å². The zero-order valence-electron chi connectivity index (χ0n) is 23.3. The number of carbonyl (C=O) groups is 1. The number of benzene rings is 1. The van der Waals surface area contributed by atoms with Gasteiger partial charge in [0.25, 0.3) is 5.91 Å². The summed E-state index contributed by atoms with van der Waals surface area (Å²) >= 11 is 6.03. The SMILES string of the molecule is CCOC(C)c1nc(C(=O)N[C@@H](C)Cn2ccc(-c3cc(F)c(C#N)c(Cl)c3)n2)cn1COCC[Si](C)(C)C. The van der Waals surface area contributed by atoms with Crippen molar-refractivity contribution in [2.24, 2.45) is 0 Å². The first-order chi connectivity index (χ1) is 18.4. The van der Waals surface area contributed by atoms with Gasteiger partial charge in [-0.3, -0.25) is 9.48 Å². The van der Waals surface area contributed by atoms with Crippen LogP contribution < -0.4 is 5.32 Å². The molecule has 0 saturated carbocycles. The zero-order chi connectivity index (χ0) is 28.7. The third kappa shape index (κ3) is 8.47. The smallest absolute Gasteiger partial charge is 0.271 e. The summed E-state index contributed by atoms with van der Waals surface area (Å²) in [6.07, 6.45) is 3.13. The normalized spacial score (nSPS) is 13.2. The highest BCUT2D eigenvalue weighted by molar-refractivity contribution is 6.76. The van der Waals surface area contributed by atoms with E-state index in [1.807, 2.05) is 25.3 Å². The average molecular weight is 575 g/mol. The van der Waals surface area contributed by atoms with Crippen LogP contribution in [0.25, 0.3) is 11.3 Å². The monoisotopic (exact) mass is 574 g/mol. The Hall–Kier alpha value is -3.04. The molecule has 2 atom stereocenters. The molecule has 0 aliphatic heterocycles. The third-order valence-corrected chi connectivity index (χ3v) is 7.98. The maximum Gasteiger partial charge on any atom is 0.271 e. The molecule has 0 aliphatic carbocycles. The Balaban J connectivity index is 1.66. The summed E-state index contributed by atoms with van der Waals surface area (Å²) in [5.74, 6) is -0.386. The lowest BCUT2D eigenvalue weighted by atomic mass is 10.1. The Morgan fingerprint density at radius 1 is 1.31 bits per heavy atom. The summed E-state index contributed by atoms with van der Waals surface area (Å²) in [5.41, 5.74) is 1.04. The largest absolute Gasteiger partial charge is 0.371 e. The number of hydrogen-bond acceptors (Lipinski definition) is 6. The van der Waals surface area contributed by atoms with Gasteiger partial charge < -0.3 is 19.4 Å². The van der Waals surface area contributed by atoms with E-state index < -0.39 is 13.9 Å². The third-order valence-electron chi connectivity index (χ3n) is 5.98. The molecule has 1 aromatic carbocycles. The van der Waals surface area contributed by atoms with E-state index >= 15 is 0 Å². The molecule has 1 amide bonds. The van der Waals surface area contributed by atoms with Gasteiger partial charge in [-0.05, 0) is 45.0 Å². The van der Waals surface area contributed by atoms with E-state index in [-0.39, 0.29) is 34.3 Å². The molecule has 3 rings (SSSR count). The highest BCUT2D eigenvalue weighted by Gasteiger charge is 2.21. The van der Waals surface area contributed by atoms with Crippen molar-refractivity contribution in [3.8, 4) is 17.3 Å². The van der Waals surface area contributed by atoms with Crippen molar-refractivity contribution >= 4 is 25.6 Å². The van der Waals surface area contributed by atoms with E-state index in [1.165, 1.54) is 12.1 Å². The number of amides is 1. The maximum atomic E-state index is 14.2. The van der Waals surface area contributed by atoms with E-state index in [2.05, 4.69) is 35.0 Å². The highest BCUT2D eigenvalue weighted by Crippen LogP contribution is 2.27. The average Bonchev–Trinajstić information content (AvgIpc) is 3.48. The van der Waals surface area contributed by atoms with Crippen LogP contribution in [-0.4, -0.2) is 52.6 Å². The van der Waals surface area contributed by atoms with Crippen LogP contribution in [0.2, 0.25) is 30.7 Å². The number of carbonyl (C=O) groups excluding carboxylic acids is 1. The van der Waals surface area contributed by atoms with Crippen LogP contribution in [0.1, 0.15) is 48.8 Å². The van der Waals surface area contributed by atoms with Crippen molar-refractivity contribution in [2.45, 2.75) is 71.9 Å². The van der Waals surface area contributed by atoms with Crippen molar-refractivity contribution in [1.82, 2.24) is 24.6 Å². The molecule has 0 spiro atoms. The van der Waals surface area contributed by atoms with E-state index in [9.17, 15) is 9.18 Å². The minimum absolute atomic E-state index is 0.0293. The van der Waals surface area contributed by atoms with Crippen molar-refractivity contribution < 1.29 is 18.7 Å². The van der Waals surface area contributed by atoms with Gasteiger partial charge in [-0.15, -0.1) is 0 Å². The molecule has 0 saturated heterocycles. The molecule has 3 aromatic rings. The van der Waals surface area contributed by atoms with Gasteiger partial charge in [0.1, 0.15) is 41.8 Å². The molecule has 0 bridgehead atoms.